The molecule has 0 bridgehead atoms. The number of amides is 1. The second kappa shape index (κ2) is 8.10. The smallest absolute Gasteiger partial charge is 0.383 e. The third kappa shape index (κ3) is 3.94. The average Bonchev–Trinajstić information content (AvgIpc) is 3.46. The fourth-order valence-corrected chi connectivity index (χ4v) is 3.94. The number of nitrogens with two attached hydrogens (primary N) is 1. The molecule has 8 nitrogen and oxygen atoms in total. The van der Waals surface area contributed by atoms with Crippen molar-refractivity contribution in [2.45, 2.75) is 25.9 Å². The van der Waals surface area contributed by atoms with E-state index >= 15 is 0 Å². The lowest BCUT2D eigenvalue weighted by Crippen LogP contribution is -2.30. The van der Waals surface area contributed by atoms with Crippen LogP contribution in [0.5, 0.6) is 0 Å². The summed E-state index contributed by atoms with van der Waals surface area (Å²) in [5.74, 6) is 0.0468. The van der Waals surface area contributed by atoms with Gasteiger partial charge in [0.15, 0.2) is 0 Å². The number of anilines is 2. The number of fused-ring (bicyclic) bond motifs is 3. The maximum absolute atomic E-state index is 13.6. The van der Waals surface area contributed by atoms with Gasteiger partial charge in [-0.15, -0.1) is 0 Å². The summed E-state index contributed by atoms with van der Waals surface area (Å²) in [6.45, 7) is 0.698. The van der Waals surface area contributed by atoms with Gasteiger partial charge in [0, 0.05) is 36.0 Å². The number of carbonyl (C=O) groups excluding carboxylic acids is 1. The van der Waals surface area contributed by atoms with E-state index in [-0.39, 0.29) is 12.5 Å². The maximum Gasteiger partial charge on any atom is 0.417 e. The lowest BCUT2D eigenvalue weighted by Gasteiger charge is -2.21. The van der Waals surface area contributed by atoms with E-state index < -0.39 is 11.7 Å². The third-order valence-corrected chi connectivity index (χ3v) is 5.70. The number of hydrogen-bond acceptors (Lipinski definition) is 6. The zero-order valence-corrected chi connectivity index (χ0v) is 18.0. The van der Waals surface area contributed by atoms with E-state index in [4.69, 9.17) is 10.5 Å². The van der Waals surface area contributed by atoms with Crippen molar-refractivity contribution in [2.24, 2.45) is 7.05 Å². The maximum atomic E-state index is 13.6. The molecule has 2 N–H and O–H groups in total. The summed E-state index contributed by atoms with van der Waals surface area (Å²) >= 11 is 0. The number of pyridine rings is 2. The van der Waals surface area contributed by atoms with E-state index in [1.54, 1.807) is 31.4 Å². The van der Waals surface area contributed by atoms with Crippen LogP contribution in [0.3, 0.4) is 0 Å². The molecule has 0 unspecified atom stereocenters. The van der Waals surface area contributed by atoms with Gasteiger partial charge in [-0.2, -0.15) is 18.3 Å². The monoisotopic (exact) mass is 468 g/mol. The molecule has 11 heteroatoms. The average molecular weight is 468 g/mol. The first kappa shape index (κ1) is 21.8. The van der Waals surface area contributed by atoms with Crippen molar-refractivity contribution in [3.63, 3.8) is 0 Å². The molecule has 174 valence electrons. The minimum Gasteiger partial charge on any atom is -0.383 e. The van der Waals surface area contributed by atoms with Crippen LogP contribution in [-0.2, 0) is 37.7 Å². The molecule has 0 atom stereocenters. The highest BCUT2D eigenvalue weighted by Gasteiger charge is 2.31. The molecule has 34 heavy (non-hydrogen) atoms. The summed E-state index contributed by atoms with van der Waals surface area (Å²) in [5, 5.41) is 4.89. The van der Waals surface area contributed by atoms with Crippen LogP contribution in [0.4, 0.5) is 24.7 Å². The molecule has 3 aromatic heterocycles. The number of aromatic nitrogens is 4. The van der Waals surface area contributed by atoms with Crippen molar-refractivity contribution in [2.75, 3.05) is 10.6 Å². The van der Waals surface area contributed by atoms with Gasteiger partial charge in [0.2, 0.25) is 0 Å². The van der Waals surface area contributed by atoms with Crippen LogP contribution in [0.25, 0.3) is 10.9 Å². The summed E-state index contributed by atoms with van der Waals surface area (Å²) in [6, 6.07) is 7.31. The molecule has 0 radical (unpaired) electrons. The molecule has 0 saturated heterocycles. The summed E-state index contributed by atoms with van der Waals surface area (Å²) in [6.07, 6.45) is -0.568. The number of aryl methyl sites for hydroxylation is 1. The molecule has 1 aliphatic rings. The van der Waals surface area contributed by atoms with Gasteiger partial charge in [0.1, 0.15) is 5.82 Å². The van der Waals surface area contributed by atoms with Gasteiger partial charge in [0.25, 0.3) is 5.91 Å². The summed E-state index contributed by atoms with van der Waals surface area (Å²) in [5.41, 5.74) is 8.70. The Balaban J connectivity index is 1.52. The highest BCUT2D eigenvalue weighted by atomic mass is 19.4. The fraction of sp³-hybridized carbons (Fsp3) is 0.217. The van der Waals surface area contributed by atoms with Crippen molar-refractivity contribution in [1.29, 1.82) is 0 Å². The van der Waals surface area contributed by atoms with Crippen molar-refractivity contribution >= 4 is 28.3 Å². The van der Waals surface area contributed by atoms with Crippen molar-refractivity contribution in [1.82, 2.24) is 19.7 Å². The predicted molar refractivity (Wildman–Crippen MR) is 118 cm³/mol. The molecular weight excluding hydrogens is 449 g/mol. The summed E-state index contributed by atoms with van der Waals surface area (Å²) < 4.78 is 45.8. The highest BCUT2D eigenvalue weighted by Crippen LogP contribution is 2.32. The van der Waals surface area contributed by atoms with Crippen LogP contribution in [-0.4, -0.2) is 25.7 Å². The molecule has 0 spiro atoms. The molecule has 1 aliphatic heterocycles. The molecule has 4 heterocycles. The number of nitrogens with zero attached hydrogens (tertiary/aromatic N) is 5. The van der Waals surface area contributed by atoms with Crippen LogP contribution in [0.1, 0.15) is 32.7 Å². The Bertz CT molecular complexity index is 1400. The number of carbonyl (C=O) groups is 1. The molecule has 1 aromatic carbocycles. The predicted octanol–water partition coefficient (Wildman–Crippen LogP) is 3.84. The van der Waals surface area contributed by atoms with Gasteiger partial charge in [-0.1, -0.05) is 0 Å². The Morgan fingerprint density at radius 3 is 2.65 bits per heavy atom. The zero-order chi connectivity index (χ0) is 24.0. The SMILES string of the molecule is Cn1cc(N(Cc2ccc(C(F)(F)F)cn2)C(=O)c2ccc3nc(N)c4c(c3c2)COC4)cn1. The van der Waals surface area contributed by atoms with Crippen LogP contribution in [0.15, 0.2) is 48.9 Å². The van der Waals surface area contributed by atoms with Gasteiger partial charge in [-0.3, -0.25) is 19.4 Å². The molecule has 1 amide bonds. The first-order chi connectivity index (χ1) is 16.2. The normalized spacial score (nSPS) is 13.3. The minimum atomic E-state index is -4.49. The Kier molecular flexibility index (Phi) is 5.20. The van der Waals surface area contributed by atoms with Gasteiger partial charge < -0.3 is 10.5 Å². The van der Waals surface area contributed by atoms with Crippen molar-refractivity contribution in [3.05, 3.63) is 76.9 Å². The van der Waals surface area contributed by atoms with E-state index in [0.29, 0.717) is 41.5 Å². The molecule has 0 fully saturated rings. The molecule has 5 rings (SSSR count). The van der Waals surface area contributed by atoms with Crippen LogP contribution in [0, 0.1) is 0 Å². The van der Waals surface area contributed by atoms with Gasteiger partial charge in [-0.25, -0.2) is 4.98 Å². The lowest BCUT2D eigenvalue weighted by molar-refractivity contribution is -0.137. The third-order valence-electron chi connectivity index (χ3n) is 5.70. The zero-order valence-electron chi connectivity index (χ0n) is 18.0. The van der Waals surface area contributed by atoms with Gasteiger partial charge in [-0.05, 0) is 35.9 Å². The quantitative estimate of drug-likeness (QED) is 0.489. The van der Waals surface area contributed by atoms with Gasteiger partial charge >= 0.3 is 6.18 Å². The summed E-state index contributed by atoms with van der Waals surface area (Å²) in [4.78, 5) is 23.3. The number of ether oxygens (including phenoxy) is 1. The van der Waals surface area contributed by atoms with E-state index in [0.717, 1.165) is 28.8 Å². The highest BCUT2D eigenvalue weighted by molar-refractivity contribution is 6.08. The van der Waals surface area contributed by atoms with Crippen LogP contribution in [0.2, 0.25) is 0 Å². The summed E-state index contributed by atoms with van der Waals surface area (Å²) in [7, 11) is 1.71. The number of rotatable bonds is 4. The largest absolute Gasteiger partial charge is 0.417 e. The molecule has 4 aromatic rings. The molecule has 0 saturated carbocycles. The van der Waals surface area contributed by atoms with Crippen LogP contribution >= 0.6 is 0 Å². The number of nitrogen functional groups attached to an aromatic ring is 1. The molecule has 0 aliphatic carbocycles. The Hall–Kier alpha value is -3.99. The number of benzene rings is 1. The van der Waals surface area contributed by atoms with Crippen molar-refractivity contribution < 1.29 is 22.7 Å². The van der Waals surface area contributed by atoms with E-state index in [1.165, 1.54) is 21.8 Å². The Morgan fingerprint density at radius 2 is 1.97 bits per heavy atom. The van der Waals surface area contributed by atoms with Crippen molar-refractivity contribution in [3.8, 4) is 0 Å². The standard InChI is InChI=1S/C23H19F3N6O2/c1-31-10-16(8-29-31)32(9-15-4-3-14(7-28-15)23(24,25)26)22(33)13-2-5-20-17(6-13)18-11-34-12-19(18)21(27)30-20/h2-8,10H,9,11-12H2,1H3,(H2,27,30). The first-order valence-corrected chi connectivity index (χ1v) is 10.3. The number of halogens is 3. The van der Waals surface area contributed by atoms with E-state index in [2.05, 4.69) is 15.1 Å². The molecular formula is C23H19F3N6O2. The lowest BCUT2D eigenvalue weighted by atomic mass is 10.0. The first-order valence-electron chi connectivity index (χ1n) is 10.3. The number of alkyl halides is 3. The minimum absolute atomic E-state index is 0.0398. The van der Waals surface area contributed by atoms with Crippen LogP contribution < -0.4 is 10.6 Å². The topological polar surface area (TPSA) is 99.2 Å². The Labute approximate surface area is 191 Å². The van der Waals surface area contributed by atoms with Gasteiger partial charge in [0.05, 0.1) is 48.4 Å². The van der Waals surface area contributed by atoms with E-state index in [1.807, 2.05) is 0 Å². The Morgan fingerprint density at radius 1 is 1.18 bits per heavy atom. The second-order valence-electron chi connectivity index (χ2n) is 7.98. The van der Waals surface area contributed by atoms with E-state index in [9.17, 15) is 18.0 Å². The fourth-order valence-electron chi connectivity index (χ4n) is 3.94. The number of hydrogen-bond donors (Lipinski definition) is 1. The second-order valence-corrected chi connectivity index (χ2v) is 7.98.